The zero-order valence-electron chi connectivity index (χ0n) is 9.92. The molecule has 0 aromatic heterocycles. The Morgan fingerprint density at radius 3 is 2.50 bits per heavy atom. The van der Waals surface area contributed by atoms with E-state index in [4.69, 9.17) is 4.74 Å². The highest BCUT2D eigenvalue weighted by Gasteiger charge is 2.11. The topological polar surface area (TPSA) is 29.5 Å². The van der Waals surface area contributed by atoms with Crippen LogP contribution in [0.25, 0.3) is 0 Å². The maximum atomic E-state index is 9.45. The summed E-state index contributed by atoms with van der Waals surface area (Å²) in [6.45, 7) is 0.542. The summed E-state index contributed by atoms with van der Waals surface area (Å²) in [4.78, 5) is 0. The average Bonchev–Trinajstić information content (AvgIpc) is 2.41. The molecule has 0 bridgehead atoms. The molecule has 0 heterocycles. The molecule has 0 aliphatic rings. The van der Waals surface area contributed by atoms with Gasteiger partial charge in [0, 0.05) is 10.4 Å². The summed E-state index contributed by atoms with van der Waals surface area (Å²) in [5, 5.41) is 9.45. The molecule has 0 fully saturated rings. The molecule has 0 aliphatic carbocycles. The van der Waals surface area contributed by atoms with Gasteiger partial charge in [-0.3, -0.25) is 0 Å². The fraction of sp³-hybridized carbons (Fsp3) is 0.200. The number of para-hydroxylation sites is 1. The average molecular weight is 307 g/mol. The van der Waals surface area contributed by atoms with Crippen LogP contribution in [0.5, 0.6) is 5.75 Å². The Kier molecular flexibility index (Phi) is 4.79. The second kappa shape index (κ2) is 6.57. The Bertz CT molecular complexity index is 485. The lowest BCUT2D eigenvalue weighted by molar-refractivity contribution is 0.205. The van der Waals surface area contributed by atoms with E-state index in [0.717, 1.165) is 15.8 Å². The second-order valence-electron chi connectivity index (χ2n) is 4.06. The van der Waals surface area contributed by atoms with Gasteiger partial charge < -0.3 is 9.84 Å². The Balaban J connectivity index is 2.02. The van der Waals surface area contributed by atoms with Gasteiger partial charge in [-0.1, -0.05) is 46.3 Å². The molecule has 1 N–H and O–H groups in total. The summed E-state index contributed by atoms with van der Waals surface area (Å²) in [6.07, 6.45) is 0. The van der Waals surface area contributed by atoms with Gasteiger partial charge in [0.1, 0.15) is 5.75 Å². The van der Waals surface area contributed by atoms with E-state index >= 15 is 0 Å². The normalized spacial score (nSPS) is 12.1. The van der Waals surface area contributed by atoms with Crippen molar-refractivity contribution >= 4 is 15.9 Å². The zero-order chi connectivity index (χ0) is 12.8. The van der Waals surface area contributed by atoms with E-state index in [1.807, 2.05) is 54.6 Å². The van der Waals surface area contributed by atoms with Crippen molar-refractivity contribution in [3.05, 3.63) is 64.6 Å². The van der Waals surface area contributed by atoms with Crippen molar-refractivity contribution in [2.24, 2.45) is 0 Å². The van der Waals surface area contributed by atoms with Crippen molar-refractivity contribution in [2.45, 2.75) is 5.92 Å². The maximum absolute atomic E-state index is 9.45. The molecule has 1 atom stereocenters. The van der Waals surface area contributed by atoms with Crippen LogP contribution in [0.4, 0.5) is 0 Å². The molecular weight excluding hydrogens is 292 g/mol. The molecule has 0 spiro atoms. The van der Waals surface area contributed by atoms with E-state index in [1.165, 1.54) is 0 Å². The Morgan fingerprint density at radius 2 is 1.83 bits per heavy atom. The zero-order valence-corrected chi connectivity index (χ0v) is 11.5. The van der Waals surface area contributed by atoms with E-state index in [1.54, 1.807) is 0 Å². The SMILES string of the molecule is OCC(COc1ccccc1)c1cccc(Br)c1. The number of rotatable bonds is 5. The van der Waals surface area contributed by atoms with Gasteiger partial charge in [-0.05, 0) is 29.8 Å². The number of hydrogen-bond donors (Lipinski definition) is 1. The first-order valence-corrected chi connectivity index (χ1v) is 6.63. The quantitative estimate of drug-likeness (QED) is 0.914. The summed E-state index contributed by atoms with van der Waals surface area (Å²) < 4.78 is 6.69. The van der Waals surface area contributed by atoms with Gasteiger partial charge in [-0.15, -0.1) is 0 Å². The molecule has 0 amide bonds. The molecule has 0 saturated heterocycles. The van der Waals surface area contributed by atoms with Crippen LogP contribution in [0.3, 0.4) is 0 Å². The van der Waals surface area contributed by atoms with Crippen molar-refractivity contribution in [2.75, 3.05) is 13.2 Å². The molecule has 18 heavy (non-hydrogen) atoms. The molecule has 94 valence electrons. The Hall–Kier alpha value is -1.32. The molecule has 0 radical (unpaired) electrons. The summed E-state index contributed by atoms with van der Waals surface area (Å²) in [7, 11) is 0. The number of benzene rings is 2. The highest BCUT2D eigenvalue weighted by molar-refractivity contribution is 9.10. The van der Waals surface area contributed by atoms with Crippen molar-refractivity contribution in [1.29, 1.82) is 0 Å². The highest BCUT2D eigenvalue weighted by Crippen LogP contribution is 2.21. The van der Waals surface area contributed by atoms with Gasteiger partial charge in [0.2, 0.25) is 0 Å². The van der Waals surface area contributed by atoms with E-state index in [9.17, 15) is 5.11 Å². The molecule has 1 unspecified atom stereocenters. The first kappa shape index (κ1) is 13.1. The molecule has 2 nitrogen and oxygen atoms in total. The molecule has 0 aliphatic heterocycles. The monoisotopic (exact) mass is 306 g/mol. The standard InChI is InChI=1S/C15H15BrO2/c16-14-6-4-5-12(9-14)13(10-17)11-18-15-7-2-1-3-8-15/h1-9,13,17H,10-11H2. The van der Waals surface area contributed by atoms with Gasteiger partial charge in [-0.25, -0.2) is 0 Å². The van der Waals surface area contributed by atoms with Gasteiger partial charge >= 0.3 is 0 Å². The third-order valence-corrected chi connectivity index (χ3v) is 3.23. The molecule has 2 aromatic carbocycles. The van der Waals surface area contributed by atoms with Crippen molar-refractivity contribution in [1.82, 2.24) is 0 Å². The first-order valence-electron chi connectivity index (χ1n) is 5.84. The minimum Gasteiger partial charge on any atom is -0.493 e. The van der Waals surface area contributed by atoms with E-state index in [2.05, 4.69) is 15.9 Å². The van der Waals surface area contributed by atoms with Crippen LogP contribution in [0.15, 0.2) is 59.1 Å². The molecule has 0 saturated carbocycles. The summed E-state index contributed by atoms with van der Waals surface area (Å²) in [5.41, 5.74) is 1.07. The second-order valence-corrected chi connectivity index (χ2v) is 4.97. The fourth-order valence-electron chi connectivity index (χ4n) is 1.73. The van der Waals surface area contributed by atoms with Crippen molar-refractivity contribution < 1.29 is 9.84 Å². The third kappa shape index (κ3) is 3.59. The first-order chi connectivity index (χ1) is 8.79. The fourth-order valence-corrected chi connectivity index (χ4v) is 2.15. The largest absolute Gasteiger partial charge is 0.493 e. The van der Waals surface area contributed by atoms with Gasteiger partial charge in [0.25, 0.3) is 0 Å². The molecular formula is C15H15BrO2. The number of halogens is 1. The van der Waals surface area contributed by atoms with Crippen LogP contribution in [-0.4, -0.2) is 18.3 Å². The number of aliphatic hydroxyl groups is 1. The van der Waals surface area contributed by atoms with Crippen LogP contribution in [0.1, 0.15) is 11.5 Å². The summed E-state index contributed by atoms with van der Waals surface area (Å²) >= 11 is 3.43. The van der Waals surface area contributed by atoms with Crippen LogP contribution in [0, 0.1) is 0 Å². The smallest absolute Gasteiger partial charge is 0.119 e. The highest BCUT2D eigenvalue weighted by atomic mass is 79.9. The van der Waals surface area contributed by atoms with Crippen LogP contribution in [0.2, 0.25) is 0 Å². The predicted molar refractivity (Wildman–Crippen MR) is 75.9 cm³/mol. The van der Waals surface area contributed by atoms with Crippen LogP contribution >= 0.6 is 15.9 Å². The van der Waals surface area contributed by atoms with E-state index < -0.39 is 0 Å². The molecule has 2 aromatic rings. The minimum absolute atomic E-state index is 0.0114. The van der Waals surface area contributed by atoms with Crippen molar-refractivity contribution in [3.8, 4) is 5.75 Å². The predicted octanol–water partition coefficient (Wildman–Crippen LogP) is 3.60. The lowest BCUT2D eigenvalue weighted by Gasteiger charge is -2.16. The third-order valence-electron chi connectivity index (χ3n) is 2.73. The van der Waals surface area contributed by atoms with E-state index in [0.29, 0.717) is 6.61 Å². The number of hydrogen-bond acceptors (Lipinski definition) is 2. The number of ether oxygens (including phenoxy) is 1. The Morgan fingerprint density at radius 1 is 1.06 bits per heavy atom. The number of aliphatic hydroxyl groups excluding tert-OH is 1. The van der Waals surface area contributed by atoms with Gasteiger partial charge in [-0.2, -0.15) is 0 Å². The lowest BCUT2D eigenvalue weighted by atomic mass is 10.0. The molecule has 3 heteroatoms. The Labute approximate surface area is 115 Å². The molecule has 2 rings (SSSR count). The van der Waals surface area contributed by atoms with Crippen LogP contribution in [-0.2, 0) is 0 Å². The van der Waals surface area contributed by atoms with Gasteiger partial charge in [0.05, 0.1) is 13.2 Å². The lowest BCUT2D eigenvalue weighted by Crippen LogP contribution is -2.14. The maximum Gasteiger partial charge on any atom is 0.119 e. The summed E-state index contributed by atoms with van der Waals surface area (Å²) in [6, 6.07) is 17.6. The van der Waals surface area contributed by atoms with Gasteiger partial charge in [0.15, 0.2) is 0 Å². The van der Waals surface area contributed by atoms with E-state index in [-0.39, 0.29) is 12.5 Å². The summed E-state index contributed by atoms with van der Waals surface area (Å²) in [5.74, 6) is 0.814. The van der Waals surface area contributed by atoms with Crippen molar-refractivity contribution in [3.63, 3.8) is 0 Å². The minimum atomic E-state index is -0.0114. The van der Waals surface area contributed by atoms with Crippen LogP contribution < -0.4 is 4.74 Å².